The topological polar surface area (TPSA) is 65.4 Å². The lowest BCUT2D eigenvalue weighted by Crippen LogP contribution is -2.59. The van der Waals surface area contributed by atoms with Gasteiger partial charge < -0.3 is 10.2 Å². The first-order valence-electron chi connectivity index (χ1n) is 5.60. The fourth-order valence-electron chi connectivity index (χ4n) is 1.76. The highest BCUT2D eigenvalue weighted by molar-refractivity contribution is 4.83. The van der Waals surface area contributed by atoms with Gasteiger partial charge in [-0.2, -0.15) is 10.1 Å². The average molecular weight is 234 g/mol. The number of hydrogen-bond acceptors (Lipinski definition) is 6. The molecule has 0 saturated carbocycles. The second-order valence-corrected chi connectivity index (χ2v) is 4.39. The summed E-state index contributed by atoms with van der Waals surface area (Å²) in [4.78, 5) is 10.8. The van der Waals surface area contributed by atoms with E-state index in [-0.39, 0.29) is 18.8 Å². The third kappa shape index (κ3) is 3.97. The molecular formula is C10H22N2O4. The minimum Gasteiger partial charge on any atom is -0.394 e. The molecule has 96 valence electrons. The molecule has 0 aromatic heterocycles. The van der Waals surface area contributed by atoms with Crippen molar-refractivity contribution >= 4 is 0 Å². The van der Waals surface area contributed by atoms with Gasteiger partial charge in [-0.1, -0.05) is 0 Å². The summed E-state index contributed by atoms with van der Waals surface area (Å²) in [5.41, 5.74) is -0.164. The molecule has 1 fully saturated rings. The normalized spacial score (nSPS) is 22.5. The Bertz CT molecular complexity index is 201. The van der Waals surface area contributed by atoms with Gasteiger partial charge in [-0.3, -0.25) is 9.68 Å². The standard InChI is InChI=1S/C10H22N2O4/c1-10(2)9-11(15-7-5-13)3-4-12(10)16-8-6-14/h13-14H,3-9H2,1-2H3. The lowest BCUT2D eigenvalue weighted by molar-refractivity contribution is -0.286. The van der Waals surface area contributed by atoms with Crippen LogP contribution in [0.25, 0.3) is 0 Å². The Balaban J connectivity index is 2.38. The van der Waals surface area contributed by atoms with Crippen LogP contribution < -0.4 is 0 Å². The molecule has 16 heavy (non-hydrogen) atoms. The number of piperazine rings is 1. The van der Waals surface area contributed by atoms with Crippen molar-refractivity contribution in [2.45, 2.75) is 19.4 Å². The molecular weight excluding hydrogens is 212 g/mol. The van der Waals surface area contributed by atoms with Crippen molar-refractivity contribution in [2.24, 2.45) is 0 Å². The highest BCUT2D eigenvalue weighted by Gasteiger charge is 2.35. The number of hydrogen-bond donors (Lipinski definition) is 2. The maximum atomic E-state index is 8.72. The molecule has 1 heterocycles. The molecule has 0 unspecified atom stereocenters. The van der Waals surface area contributed by atoms with Crippen molar-refractivity contribution in [3.8, 4) is 0 Å². The van der Waals surface area contributed by atoms with E-state index in [0.717, 1.165) is 13.1 Å². The summed E-state index contributed by atoms with van der Waals surface area (Å²) in [6, 6.07) is 0. The van der Waals surface area contributed by atoms with Gasteiger partial charge in [-0.25, -0.2) is 0 Å². The lowest BCUT2D eigenvalue weighted by atomic mass is 10.0. The van der Waals surface area contributed by atoms with E-state index in [9.17, 15) is 0 Å². The first-order chi connectivity index (χ1) is 7.60. The molecule has 0 aliphatic carbocycles. The Morgan fingerprint density at radius 3 is 2.25 bits per heavy atom. The van der Waals surface area contributed by atoms with Gasteiger partial charge in [0.1, 0.15) is 0 Å². The minimum atomic E-state index is -0.164. The highest BCUT2D eigenvalue weighted by atomic mass is 16.7. The predicted molar refractivity (Wildman–Crippen MR) is 58.4 cm³/mol. The molecule has 6 heteroatoms. The van der Waals surface area contributed by atoms with E-state index in [1.165, 1.54) is 0 Å². The zero-order chi connectivity index (χ0) is 12.0. The van der Waals surface area contributed by atoms with Crippen LogP contribution in [0, 0.1) is 0 Å². The average Bonchev–Trinajstić information content (AvgIpc) is 2.24. The molecule has 0 aromatic carbocycles. The summed E-state index contributed by atoms with van der Waals surface area (Å²) in [5.74, 6) is 0. The van der Waals surface area contributed by atoms with Crippen LogP contribution in [0.3, 0.4) is 0 Å². The molecule has 1 saturated heterocycles. The predicted octanol–water partition coefficient (Wildman–Crippen LogP) is -0.770. The number of aliphatic hydroxyl groups excluding tert-OH is 2. The molecule has 0 amide bonds. The maximum Gasteiger partial charge on any atom is 0.0916 e. The van der Waals surface area contributed by atoms with E-state index in [2.05, 4.69) is 13.8 Å². The molecule has 1 aliphatic rings. The van der Waals surface area contributed by atoms with Crippen LogP contribution in [0.1, 0.15) is 13.8 Å². The summed E-state index contributed by atoms with van der Waals surface area (Å²) in [6.07, 6.45) is 0. The van der Waals surface area contributed by atoms with Gasteiger partial charge in [0.2, 0.25) is 0 Å². The van der Waals surface area contributed by atoms with E-state index >= 15 is 0 Å². The highest BCUT2D eigenvalue weighted by Crippen LogP contribution is 2.21. The minimum absolute atomic E-state index is 0.0251. The summed E-state index contributed by atoms with van der Waals surface area (Å²) in [7, 11) is 0. The third-order valence-corrected chi connectivity index (χ3v) is 2.49. The molecule has 2 N–H and O–H groups in total. The van der Waals surface area contributed by atoms with Crippen molar-refractivity contribution in [2.75, 3.05) is 46.1 Å². The van der Waals surface area contributed by atoms with Gasteiger partial charge >= 0.3 is 0 Å². The smallest absolute Gasteiger partial charge is 0.0916 e. The maximum absolute atomic E-state index is 8.72. The van der Waals surface area contributed by atoms with E-state index in [4.69, 9.17) is 19.9 Å². The van der Waals surface area contributed by atoms with E-state index in [1.807, 2.05) is 10.1 Å². The van der Waals surface area contributed by atoms with Crippen molar-refractivity contribution in [1.29, 1.82) is 0 Å². The third-order valence-electron chi connectivity index (χ3n) is 2.49. The molecule has 0 aromatic rings. The van der Waals surface area contributed by atoms with Gasteiger partial charge in [-0.15, -0.1) is 0 Å². The van der Waals surface area contributed by atoms with Crippen molar-refractivity contribution in [1.82, 2.24) is 10.1 Å². The number of hydroxylamine groups is 4. The zero-order valence-electron chi connectivity index (χ0n) is 10.1. The Labute approximate surface area is 96.3 Å². The van der Waals surface area contributed by atoms with Gasteiger partial charge in [0.25, 0.3) is 0 Å². The van der Waals surface area contributed by atoms with E-state index in [0.29, 0.717) is 19.8 Å². The Morgan fingerprint density at radius 2 is 1.69 bits per heavy atom. The second kappa shape index (κ2) is 6.48. The second-order valence-electron chi connectivity index (χ2n) is 4.39. The van der Waals surface area contributed by atoms with Crippen LogP contribution in [0.2, 0.25) is 0 Å². The Kier molecular flexibility index (Phi) is 5.60. The van der Waals surface area contributed by atoms with Crippen LogP contribution in [-0.4, -0.2) is 71.9 Å². The zero-order valence-corrected chi connectivity index (χ0v) is 10.1. The molecule has 1 aliphatic heterocycles. The van der Waals surface area contributed by atoms with Crippen molar-refractivity contribution < 1.29 is 19.9 Å². The Hall–Kier alpha value is -0.240. The summed E-state index contributed by atoms with van der Waals surface area (Å²) < 4.78 is 0. The lowest BCUT2D eigenvalue weighted by Gasteiger charge is -2.45. The number of rotatable bonds is 6. The van der Waals surface area contributed by atoms with Crippen LogP contribution >= 0.6 is 0 Å². The van der Waals surface area contributed by atoms with E-state index < -0.39 is 0 Å². The summed E-state index contributed by atoms with van der Waals surface area (Å²) >= 11 is 0. The fraction of sp³-hybridized carbons (Fsp3) is 1.00. The van der Waals surface area contributed by atoms with Gasteiger partial charge in [0.05, 0.1) is 32.0 Å². The largest absolute Gasteiger partial charge is 0.394 e. The first-order valence-corrected chi connectivity index (χ1v) is 5.60. The molecule has 0 atom stereocenters. The number of aliphatic hydroxyl groups is 2. The van der Waals surface area contributed by atoms with Crippen LogP contribution in [0.5, 0.6) is 0 Å². The van der Waals surface area contributed by atoms with Crippen LogP contribution in [-0.2, 0) is 9.68 Å². The van der Waals surface area contributed by atoms with Crippen molar-refractivity contribution in [3.63, 3.8) is 0 Å². The van der Waals surface area contributed by atoms with Crippen molar-refractivity contribution in [3.05, 3.63) is 0 Å². The van der Waals surface area contributed by atoms with E-state index in [1.54, 1.807) is 0 Å². The van der Waals surface area contributed by atoms with Gasteiger partial charge in [0.15, 0.2) is 0 Å². The number of nitrogens with zero attached hydrogens (tertiary/aromatic N) is 2. The Morgan fingerprint density at radius 1 is 1.06 bits per heavy atom. The molecule has 0 radical (unpaired) electrons. The van der Waals surface area contributed by atoms with Gasteiger partial charge in [0, 0.05) is 19.6 Å². The summed E-state index contributed by atoms with van der Waals surface area (Å²) in [6.45, 7) is 6.97. The first kappa shape index (κ1) is 13.8. The van der Waals surface area contributed by atoms with Crippen LogP contribution in [0.15, 0.2) is 0 Å². The van der Waals surface area contributed by atoms with Gasteiger partial charge in [-0.05, 0) is 13.8 Å². The monoisotopic (exact) mass is 234 g/mol. The molecule has 6 nitrogen and oxygen atoms in total. The fourth-order valence-corrected chi connectivity index (χ4v) is 1.76. The molecule has 0 bridgehead atoms. The SMILES string of the molecule is CC1(C)CN(OCCO)CCN1OCCO. The molecule has 1 rings (SSSR count). The van der Waals surface area contributed by atoms with Crippen LogP contribution in [0.4, 0.5) is 0 Å². The quantitative estimate of drug-likeness (QED) is 0.629. The molecule has 0 spiro atoms. The summed E-state index contributed by atoms with van der Waals surface area (Å²) in [5, 5.41) is 21.1.